The maximum atomic E-state index is 6.18. The number of hydrogen-bond donors (Lipinski definition) is 2. The van der Waals surface area contributed by atoms with Crippen molar-refractivity contribution in [1.29, 1.82) is 0 Å². The van der Waals surface area contributed by atoms with Crippen molar-refractivity contribution in [2.75, 3.05) is 17.7 Å². The van der Waals surface area contributed by atoms with Crippen LogP contribution in [0.1, 0.15) is 10.4 Å². The van der Waals surface area contributed by atoms with Crippen LogP contribution in [0.25, 0.3) is 10.2 Å². The van der Waals surface area contributed by atoms with E-state index in [1.165, 1.54) is 4.88 Å². The van der Waals surface area contributed by atoms with E-state index < -0.39 is 0 Å². The zero-order valence-electron chi connectivity index (χ0n) is 12.0. The zero-order chi connectivity index (χ0) is 15.0. The summed E-state index contributed by atoms with van der Waals surface area (Å²) in [6.45, 7) is 4.06. The van der Waals surface area contributed by atoms with Crippen LogP contribution in [0.2, 0.25) is 5.02 Å². The van der Waals surface area contributed by atoms with Crippen LogP contribution >= 0.6 is 22.9 Å². The molecule has 0 fully saturated rings. The number of thiophene rings is 1. The molecule has 0 saturated heterocycles. The lowest BCUT2D eigenvalue weighted by Crippen LogP contribution is -2.01. The highest BCUT2D eigenvalue weighted by atomic mass is 35.5. The van der Waals surface area contributed by atoms with Crippen molar-refractivity contribution in [3.05, 3.63) is 39.7 Å². The molecule has 108 valence electrons. The Balaban J connectivity index is 2.12. The van der Waals surface area contributed by atoms with Crippen molar-refractivity contribution in [3.63, 3.8) is 0 Å². The van der Waals surface area contributed by atoms with Gasteiger partial charge in [0.1, 0.15) is 10.6 Å². The summed E-state index contributed by atoms with van der Waals surface area (Å²) in [5, 5.41) is 8.13. The van der Waals surface area contributed by atoms with E-state index in [0.717, 1.165) is 32.3 Å². The molecule has 0 aliphatic rings. The van der Waals surface area contributed by atoms with Gasteiger partial charge in [-0.1, -0.05) is 17.7 Å². The predicted octanol–water partition coefficient (Wildman–Crippen LogP) is 4.75. The molecule has 6 heteroatoms. The molecule has 2 heterocycles. The van der Waals surface area contributed by atoms with E-state index in [0.29, 0.717) is 5.95 Å². The second-order valence-corrected chi connectivity index (χ2v) is 6.40. The van der Waals surface area contributed by atoms with Crippen molar-refractivity contribution < 1.29 is 0 Å². The summed E-state index contributed by atoms with van der Waals surface area (Å²) >= 11 is 7.83. The molecule has 0 spiro atoms. The largest absolute Gasteiger partial charge is 0.357 e. The fourth-order valence-corrected chi connectivity index (χ4v) is 3.17. The Morgan fingerprint density at radius 3 is 2.76 bits per heavy atom. The van der Waals surface area contributed by atoms with Crippen LogP contribution in [-0.4, -0.2) is 17.0 Å². The Bertz CT molecular complexity index is 813. The molecule has 0 unspecified atom stereocenters. The average molecular weight is 319 g/mol. The molecule has 3 rings (SSSR count). The third kappa shape index (κ3) is 2.66. The summed E-state index contributed by atoms with van der Waals surface area (Å²) in [6.07, 6.45) is 0. The van der Waals surface area contributed by atoms with Crippen LogP contribution in [0.5, 0.6) is 0 Å². The number of aryl methyl sites for hydroxylation is 1. The number of halogens is 1. The van der Waals surface area contributed by atoms with Gasteiger partial charge in [-0.3, -0.25) is 0 Å². The fourth-order valence-electron chi connectivity index (χ4n) is 2.12. The minimum absolute atomic E-state index is 0.603. The Labute approximate surface area is 132 Å². The van der Waals surface area contributed by atoms with E-state index in [9.17, 15) is 0 Å². The zero-order valence-corrected chi connectivity index (χ0v) is 13.6. The van der Waals surface area contributed by atoms with Crippen molar-refractivity contribution in [2.24, 2.45) is 0 Å². The van der Waals surface area contributed by atoms with Crippen LogP contribution < -0.4 is 10.6 Å². The number of nitrogens with one attached hydrogen (secondary N) is 2. The summed E-state index contributed by atoms with van der Waals surface area (Å²) in [4.78, 5) is 11.2. The van der Waals surface area contributed by atoms with Crippen LogP contribution in [0.3, 0.4) is 0 Å². The van der Waals surface area contributed by atoms with Gasteiger partial charge in [0.05, 0.1) is 5.39 Å². The second kappa shape index (κ2) is 5.50. The maximum Gasteiger partial charge on any atom is 0.225 e. The predicted molar refractivity (Wildman–Crippen MR) is 91.2 cm³/mol. The van der Waals surface area contributed by atoms with Crippen LogP contribution in [-0.2, 0) is 0 Å². The highest BCUT2D eigenvalue weighted by Gasteiger charge is 2.11. The minimum Gasteiger partial charge on any atom is -0.357 e. The molecular weight excluding hydrogens is 304 g/mol. The van der Waals surface area contributed by atoms with Crippen molar-refractivity contribution in [2.45, 2.75) is 13.8 Å². The van der Waals surface area contributed by atoms with Gasteiger partial charge >= 0.3 is 0 Å². The Morgan fingerprint density at radius 1 is 1.19 bits per heavy atom. The third-order valence-electron chi connectivity index (χ3n) is 3.26. The first kappa shape index (κ1) is 14.1. The molecule has 21 heavy (non-hydrogen) atoms. The van der Waals surface area contributed by atoms with Crippen molar-refractivity contribution in [1.82, 2.24) is 9.97 Å². The van der Waals surface area contributed by atoms with Gasteiger partial charge in [0.25, 0.3) is 0 Å². The van der Waals surface area contributed by atoms with Crippen LogP contribution in [0.4, 0.5) is 17.5 Å². The van der Waals surface area contributed by atoms with Gasteiger partial charge < -0.3 is 10.6 Å². The summed E-state index contributed by atoms with van der Waals surface area (Å²) in [5.74, 6) is 1.39. The fraction of sp³-hybridized carbons (Fsp3) is 0.200. The SMILES string of the molecule is CNc1nc(Nc2cccc(Cl)c2C)c2cc(C)sc2n1. The lowest BCUT2D eigenvalue weighted by molar-refractivity contribution is 1.20. The minimum atomic E-state index is 0.603. The number of aromatic nitrogens is 2. The normalized spacial score (nSPS) is 10.9. The quantitative estimate of drug-likeness (QED) is 0.732. The van der Waals surface area contributed by atoms with Crippen molar-refractivity contribution in [3.8, 4) is 0 Å². The van der Waals surface area contributed by atoms with Gasteiger partial charge in [-0.05, 0) is 37.6 Å². The molecule has 0 bridgehead atoms. The van der Waals surface area contributed by atoms with Gasteiger partial charge in [-0.15, -0.1) is 11.3 Å². The number of fused-ring (bicyclic) bond motifs is 1. The lowest BCUT2D eigenvalue weighted by atomic mass is 10.2. The highest BCUT2D eigenvalue weighted by Crippen LogP contribution is 2.33. The monoisotopic (exact) mass is 318 g/mol. The van der Waals surface area contributed by atoms with Crippen LogP contribution in [0.15, 0.2) is 24.3 Å². The number of anilines is 3. The molecular formula is C15H15ClN4S. The molecule has 0 aliphatic heterocycles. The molecule has 0 atom stereocenters. The summed E-state index contributed by atoms with van der Waals surface area (Å²) < 4.78 is 0. The van der Waals surface area contributed by atoms with E-state index in [1.54, 1.807) is 11.3 Å². The molecule has 4 nitrogen and oxygen atoms in total. The Kier molecular flexibility index (Phi) is 3.69. The number of nitrogens with zero attached hydrogens (tertiary/aromatic N) is 2. The van der Waals surface area contributed by atoms with E-state index in [1.807, 2.05) is 32.2 Å². The smallest absolute Gasteiger partial charge is 0.225 e. The Morgan fingerprint density at radius 2 is 2.00 bits per heavy atom. The summed E-state index contributed by atoms with van der Waals surface area (Å²) in [6, 6.07) is 7.90. The molecule has 0 amide bonds. The number of rotatable bonds is 3. The van der Waals surface area contributed by atoms with E-state index >= 15 is 0 Å². The molecule has 0 saturated carbocycles. The first-order chi connectivity index (χ1) is 10.1. The van der Waals surface area contributed by atoms with E-state index in [4.69, 9.17) is 11.6 Å². The first-order valence-corrected chi connectivity index (χ1v) is 7.76. The third-order valence-corrected chi connectivity index (χ3v) is 4.61. The van der Waals surface area contributed by atoms with Gasteiger partial charge in [-0.25, -0.2) is 4.98 Å². The highest BCUT2D eigenvalue weighted by molar-refractivity contribution is 7.18. The van der Waals surface area contributed by atoms with Gasteiger partial charge in [0.2, 0.25) is 5.95 Å². The summed E-state index contributed by atoms with van der Waals surface area (Å²) in [5.41, 5.74) is 1.96. The average Bonchev–Trinajstić information content (AvgIpc) is 2.84. The Hall–Kier alpha value is -1.85. The van der Waals surface area contributed by atoms with E-state index in [2.05, 4.69) is 33.6 Å². The van der Waals surface area contributed by atoms with Crippen LogP contribution in [0, 0.1) is 13.8 Å². The molecule has 3 aromatic rings. The standard InChI is InChI=1S/C15H15ClN4S/c1-8-7-10-13(19-15(17-3)20-14(10)21-8)18-12-6-4-5-11(16)9(12)2/h4-7H,1-3H3,(H2,17,18,19,20). The second-order valence-electron chi connectivity index (χ2n) is 4.76. The molecule has 0 radical (unpaired) electrons. The first-order valence-electron chi connectivity index (χ1n) is 6.56. The molecule has 1 aromatic carbocycles. The molecule has 2 aromatic heterocycles. The van der Waals surface area contributed by atoms with Gasteiger partial charge in [0, 0.05) is 22.6 Å². The summed E-state index contributed by atoms with van der Waals surface area (Å²) in [7, 11) is 1.82. The maximum absolute atomic E-state index is 6.18. The number of benzene rings is 1. The van der Waals surface area contributed by atoms with Gasteiger partial charge in [0.15, 0.2) is 0 Å². The van der Waals surface area contributed by atoms with Gasteiger partial charge in [-0.2, -0.15) is 4.98 Å². The molecule has 0 aliphatic carbocycles. The number of hydrogen-bond acceptors (Lipinski definition) is 5. The topological polar surface area (TPSA) is 49.8 Å². The van der Waals surface area contributed by atoms with Crippen molar-refractivity contribution >= 4 is 50.6 Å². The lowest BCUT2D eigenvalue weighted by Gasteiger charge is -2.11. The molecule has 2 N–H and O–H groups in total. The van der Waals surface area contributed by atoms with E-state index in [-0.39, 0.29) is 0 Å².